The van der Waals surface area contributed by atoms with Crippen LogP contribution in [0.15, 0.2) is 30.5 Å². The Bertz CT molecular complexity index is 838. The molecule has 1 aromatic carbocycles. The van der Waals surface area contributed by atoms with Crippen molar-refractivity contribution in [2.75, 3.05) is 6.54 Å². The summed E-state index contributed by atoms with van der Waals surface area (Å²) in [5, 5.41) is 15.3. The van der Waals surface area contributed by atoms with Gasteiger partial charge in [0, 0.05) is 12.1 Å². The second-order valence-corrected chi connectivity index (χ2v) is 6.53. The molecule has 9 heteroatoms. The van der Waals surface area contributed by atoms with Gasteiger partial charge in [-0.05, 0) is 43.0 Å². The maximum atomic E-state index is 13.3. The Balaban J connectivity index is 1.79. The minimum atomic E-state index is -4.89. The topological polar surface area (TPSA) is 84.2 Å². The zero-order valence-corrected chi connectivity index (χ0v) is 14.3. The second kappa shape index (κ2) is 7.42. The quantitative estimate of drug-likeness (QED) is 0.830. The van der Waals surface area contributed by atoms with Crippen LogP contribution >= 0.6 is 0 Å². The van der Waals surface area contributed by atoms with Gasteiger partial charge in [-0.2, -0.15) is 18.3 Å². The first-order valence-electron chi connectivity index (χ1n) is 8.54. The number of nitrogens with one attached hydrogen (secondary N) is 1. The molecule has 6 nitrogen and oxygen atoms in total. The van der Waals surface area contributed by atoms with Crippen molar-refractivity contribution in [3.8, 4) is 5.69 Å². The molecule has 1 aliphatic rings. The van der Waals surface area contributed by atoms with Gasteiger partial charge >= 0.3 is 12.1 Å². The van der Waals surface area contributed by atoms with Crippen LogP contribution in [0.2, 0.25) is 0 Å². The second-order valence-electron chi connectivity index (χ2n) is 6.53. The van der Waals surface area contributed by atoms with Crippen molar-refractivity contribution in [1.82, 2.24) is 15.1 Å². The summed E-state index contributed by atoms with van der Waals surface area (Å²) in [5.74, 6) is -1.53. The van der Waals surface area contributed by atoms with Crippen molar-refractivity contribution < 1.29 is 27.9 Å². The third-order valence-corrected chi connectivity index (χ3v) is 4.67. The molecule has 0 atom stereocenters. The van der Waals surface area contributed by atoms with E-state index < -0.39 is 23.4 Å². The number of carbonyl (C=O) groups excluding carboxylic acids is 1. The number of alkyl halides is 3. The number of aromatic carboxylic acids is 1. The van der Waals surface area contributed by atoms with Crippen LogP contribution in [0.3, 0.4) is 0 Å². The molecule has 2 aromatic rings. The van der Waals surface area contributed by atoms with Crippen LogP contribution in [0, 0.1) is 5.92 Å². The number of carboxylic acids is 1. The zero-order chi connectivity index (χ0) is 19.6. The van der Waals surface area contributed by atoms with Crippen LogP contribution in [0.1, 0.15) is 52.1 Å². The molecule has 1 fully saturated rings. The van der Waals surface area contributed by atoms with E-state index in [-0.39, 0.29) is 11.6 Å². The number of rotatable bonds is 5. The maximum Gasteiger partial charge on any atom is 0.434 e. The van der Waals surface area contributed by atoms with Gasteiger partial charge in [-0.25, -0.2) is 9.48 Å². The standard InChI is InChI=1S/C18H18F3N3O3/c19-18(20,21)15-14(17(26)27)10-23-24(15)13-7-5-12(6-8-13)16(25)22-9-11-3-1-2-4-11/h5-8,10-11H,1-4,9H2,(H,22,25)(H,26,27). The fourth-order valence-corrected chi connectivity index (χ4v) is 3.28. The summed E-state index contributed by atoms with van der Waals surface area (Å²) in [6.07, 6.45) is 0.280. The zero-order valence-electron chi connectivity index (χ0n) is 14.3. The number of aromatic nitrogens is 2. The molecule has 0 spiro atoms. The fourth-order valence-electron chi connectivity index (χ4n) is 3.28. The van der Waals surface area contributed by atoms with Crippen LogP contribution in [-0.2, 0) is 6.18 Å². The molecule has 1 amide bonds. The molecule has 0 radical (unpaired) electrons. The molecule has 3 rings (SSSR count). The van der Waals surface area contributed by atoms with Crippen molar-refractivity contribution in [3.63, 3.8) is 0 Å². The van der Waals surface area contributed by atoms with E-state index >= 15 is 0 Å². The Labute approximate surface area is 153 Å². The number of hydrogen-bond donors (Lipinski definition) is 2. The van der Waals surface area contributed by atoms with Gasteiger partial charge in [0.15, 0.2) is 5.69 Å². The Hall–Kier alpha value is -2.84. The third-order valence-electron chi connectivity index (χ3n) is 4.67. The van der Waals surface area contributed by atoms with Gasteiger partial charge in [0.05, 0.1) is 11.9 Å². The highest BCUT2D eigenvalue weighted by Crippen LogP contribution is 2.33. The molecular formula is C18H18F3N3O3. The van der Waals surface area contributed by atoms with Crippen molar-refractivity contribution in [2.45, 2.75) is 31.9 Å². The number of hydrogen-bond acceptors (Lipinski definition) is 3. The monoisotopic (exact) mass is 381 g/mol. The van der Waals surface area contributed by atoms with Crippen molar-refractivity contribution in [1.29, 1.82) is 0 Å². The molecule has 2 N–H and O–H groups in total. The van der Waals surface area contributed by atoms with Gasteiger partial charge in [0.2, 0.25) is 0 Å². The predicted octanol–water partition coefficient (Wildman–Crippen LogP) is 3.51. The van der Waals surface area contributed by atoms with E-state index in [1.807, 2.05) is 0 Å². The van der Waals surface area contributed by atoms with Gasteiger partial charge in [0.25, 0.3) is 5.91 Å². The van der Waals surface area contributed by atoms with Gasteiger partial charge in [-0.15, -0.1) is 0 Å². The van der Waals surface area contributed by atoms with Crippen LogP contribution < -0.4 is 5.32 Å². The van der Waals surface area contributed by atoms with E-state index in [0.29, 0.717) is 28.9 Å². The molecule has 0 aliphatic heterocycles. The molecule has 1 aliphatic carbocycles. The van der Waals surface area contributed by atoms with E-state index in [0.717, 1.165) is 12.8 Å². The summed E-state index contributed by atoms with van der Waals surface area (Å²) >= 11 is 0. The SMILES string of the molecule is O=C(NCC1CCCC1)c1ccc(-n2ncc(C(=O)O)c2C(F)(F)F)cc1. The number of halogens is 3. The van der Waals surface area contributed by atoms with Crippen LogP contribution in [0.25, 0.3) is 5.69 Å². The number of benzene rings is 1. The summed E-state index contributed by atoms with van der Waals surface area (Å²) in [4.78, 5) is 23.2. The highest BCUT2D eigenvalue weighted by Gasteiger charge is 2.40. The Morgan fingerprint density at radius 3 is 2.37 bits per heavy atom. The average Bonchev–Trinajstić information content (AvgIpc) is 3.29. The smallest absolute Gasteiger partial charge is 0.434 e. The number of carboxylic acid groups (broad SMARTS) is 1. The van der Waals surface area contributed by atoms with E-state index in [1.54, 1.807) is 0 Å². The first-order valence-corrected chi connectivity index (χ1v) is 8.54. The maximum absolute atomic E-state index is 13.3. The largest absolute Gasteiger partial charge is 0.478 e. The summed E-state index contributed by atoms with van der Waals surface area (Å²) in [6, 6.07) is 5.39. The first-order chi connectivity index (χ1) is 12.8. The predicted molar refractivity (Wildman–Crippen MR) is 89.8 cm³/mol. The fraction of sp³-hybridized carbons (Fsp3) is 0.389. The average molecular weight is 381 g/mol. The van der Waals surface area contributed by atoms with Gasteiger partial charge in [-0.1, -0.05) is 12.8 Å². The minimum Gasteiger partial charge on any atom is -0.478 e. The molecule has 0 saturated heterocycles. The number of amides is 1. The lowest BCUT2D eigenvalue weighted by Crippen LogP contribution is -2.28. The minimum absolute atomic E-state index is 0.0159. The molecule has 0 bridgehead atoms. The van der Waals surface area contributed by atoms with Gasteiger partial charge < -0.3 is 10.4 Å². The molecule has 1 heterocycles. The summed E-state index contributed by atoms with van der Waals surface area (Å²) in [6.45, 7) is 0.583. The van der Waals surface area contributed by atoms with Crippen LogP contribution in [0.5, 0.6) is 0 Å². The first kappa shape index (κ1) is 18.9. The summed E-state index contributed by atoms with van der Waals surface area (Å²) < 4.78 is 40.3. The molecule has 1 saturated carbocycles. The normalized spacial score (nSPS) is 15.1. The Kier molecular flexibility index (Phi) is 5.20. The third kappa shape index (κ3) is 4.12. The molecule has 0 unspecified atom stereocenters. The Morgan fingerprint density at radius 2 is 1.81 bits per heavy atom. The van der Waals surface area contributed by atoms with Gasteiger partial charge in [0.1, 0.15) is 5.56 Å². The molecular weight excluding hydrogens is 363 g/mol. The van der Waals surface area contributed by atoms with E-state index in [1.165, 1.54) is 37.1 Å². The summed E-state index contributed by atoms with van der Waals surface area (Å²) in [5.41, 5.74) is -1.97. The lowest BCUT2D eigenvalue weighted by molar-refractivity contribution is -0.143. The van der Waals surface area contributed by atoms with Crippen LogP contribution in [0.4, 0.5) is 13.2 Å². The van der Waals surface area contributed by atoms with Gasteiger partial charge in [-0.3, -0.25) is 4.79 Å². The summed E-state index contributed by atoms with van der Waals surface area (Å²) in [7, 11) is 0. The number of carbonyl (C=O) groups is 2. The molecule has 1 aromatic heterocycles. The lowest BCUT2D eigenvalue weighted by atomic mass is 10.1. The highest BCUT2D eigenvalue weighted by atomic mass is 19.4. The molecule has 27 heavy (non-hydrogen) atoms. The highest BCUT2D eigenvalue weighted by molar-refractivity contribution is 5.94. The van der Waals surface area contributed by atoms with Crippen molar-refractivity contribution in [3.05, 3.63) is 47.3 Å². The van der Waals surface area contributed by atoms with Crippen molar-refractivity contribution in [2.24, 2.45) is 5.92 Å². The van der Waals surface area contributed by atoms with Crippen molar-refractivity contribution >= 4 is 11.9 Å². The lowest BCUT2D eigenvalue weighted by Gasteiger charge is -2.13. The Morgan fingerprint density at radius 1 is 1.19 bits per heavy atom. The number of nitrogens with zero attached hydrogens (tertiary/aromatic N) is 2. The van der Waals surface area contributed by atoms with E-state index in [4.69, 9.17) is 5.11 Å². The van der Waals surface area contributed by atoms with Crippen LogP contribution in [-0.4, -0.2) is 33.3 Å². The van der Waals surface area contributed by atoms with E-state index in [2.05, 4.69) is 10.4 Å². The van der Waals surface area contributed by atoms with E-state index in [9.17, 15) is 22.8 Å². The molecule has 144 valence electrons.